The first kappa shape index (κ1) is 13.1. The number of hydrogen-bond donors (Lipinski definition) is 1. The quantitative estimate of drug-likeness (QED) is 0.842. The van der Waals surface area contributed by atoms with Gasteiger partial charge in [-0.2, -0.15) is 13.2 Å². The molecule has 18 heavy (non-hydrogen) atoms. The third kappa shape index (κ3) is 2.93. The van der Waals surface area contributed by atoms with Crippen LogP contribution in [0.3, 0.4) is 0 Å². The van der Waals surface area contributed by atoms with Crippen molar-refractivity contribution >= 4 is 5.82 Å². The molecular weight excluding hydrogens is 245 g/mol. The molecule has 1 fully saturated rings. The summed E-state index contributed by atoms with van der Waals surface area (Å²) in [6.07, 6.45) is -3.35. The minimum absolute atomic E-state index is 0.320. The molecule has 3 nitrogen and oxygen atoms in total. The van der Waals surface area contributed by atoms with Crippen LogP contribution in [0.25, 0.3) is 0 Å². The van der Waals surface area contributed by atoms with E-state index < -0.39 is 17.5 Å². The monoisotopic (exact) mass is 260 g/mol. The number of nitrogens with zero attached hydrogens (tertiary/aromatic N) is 2. The molecule has 0 aliphatic carbocycles. The van der Waals surface area contributed by atoms with Gasteiger partial charge in [0.15, 0.2) is 0 Å². The number of aromatic nitrogens is 1. The van der Waals surface area contributed by atoms with Crippen molar-refractivity contribution in [2.45, 2.75) is 31.5 Å². The van der Waals surface area contributed by atoms with Gasteiger partial charge in [-0.05, 0) is 31.9 Å². The van der Waals surface area contributed by atoms with Crippen molar-refractivity contribution < 1.29 is 18.3 Å². The zero-order valence-corrected chi connectivity index (χ0v) is 10.0. The van der Waals surface area contributed by atoms with Gasteiger partial charge in [0.1, 0.15) is 11.5 Å². The third-order valence-corrected chi connectivity index (χ3v) is 3.19. The summed E-state index contributed by atoms with van der Waals surface area (Å²) >= 11 is 0. The minimum atomic E-state index is -4.42. The van der Waals surface area contributed by atoms with Gasteiger partial charge in [-0.3, -0.25) is 0 Å². The topological polar surface area (TPSA) is 36.4 Å². The molecule has 0 atom stereocenters. The average Bonchev–Trinajstić information content (AvgIpc) is 2.28. The summed E-state index contributed by atoms with van der Waals surface area (Å²) in [6, 6.07) is 3.89. The van der Waals surface area contributed by atoms with E-state index >= 15 is 0 Å². The Morgan fingerprint density at radius 3 is 2.44 bits per heavy atom. The molecule has 0 unspecified atom stereocenters. The van der Waals surface area contributed by atoms with Crippen LogP contribution in [0.4, 0.5) is 19.0 Å². The fourth-order valence-corrected chi connectivity index (χ4v) is 1.97. The summed E-state index contributed by atoms with van der Waals surface area (Å²) < 4.78 is 37.6. The Balaban J connectivity index is 2.15. The lowest BCUT2D eigenvalue weighted by Crippen LogP contribution is -2.42. The van der Waals surface area contributed by atoms with Gasteiger partial charge in [0.25, 0.3) is 0 Å². The number of alkyl halides is 3. The van der Waals surface area contributed by atoms with E-state index in [2.05, 4.69) is 4.98 Å². The fourth-order valence-electron chi connectivity index (χ4n) is 1.97. The minimum Gasteiger partial charge on any atom is -0.390 e. The zero-order valence-electron chi connectivity index (χ0n) is 10.0. The maximum absolute atomic E-state index is 12.5. The number of piperidine rings is 1. The molecule has 0 bridgehead atoms. The van der Waals surface area contributed by atoms with E-state index in [1.54, 1.807) is 17.9 Å². The molecule has 0 aromatic carbocycles. The number of halogens is 3. The Labute approximate surface area is 103 Å². The Hall–Kier alpha value is -1.30. The summed E-state index contributed by atoms with van der Waals surface area (Å²) in [4.78, 5) is 5.41. The molecule has 0 spiro atoms. The van der Waals surface area contributed by atoms with Gasteiger partial charge >= 0.3 is 6.18 Å². The molecular formula is C12H15F3N2O. The van der Waals surface area contributed by atoms with Gasteiger partial charge in [0, 0.05) is 13.1 Å². The second-order valence-electron chi connectivity index (χ2n) is 4.86. The molecule has 1 aliphatic rings. The van der Waals surface area contributed by atoms with Crippen molar-refractivity contribution in [3.63, 3.8) is 0 Å². The summed E-state index contributed by atoms with van der Waals surface area (Å²) in [7, 11) is 0. The molecule has 1 aliphatic heterocycles. The van der Waals surface area contributed by atoms with Crippen LogP contribution in [0.5, 0.6) is 0 Å². The van der Waals surface area contributed by atoms with Crippen molar-refractivity contribution in [1.82, 2.24) is 4.98 Å². The Bertz CT molecular complexity index is 422. The Kier molecular flexibility index (Phi) is 3.23. The number of pyridine rings is 1. The maximum Gasteiger partial charge on any atom is 0.433 e. The van der Waals surface area contributed by atoms with Crippen LogP contribution in [0.1, 0.15) is 25.5 Å². The fraction of sp³-hybridized carbons (Fsp3) is 0.583. The van der Waals surface area contributed by atoms with E-state index in [0.29, 0.717) is 31.7 Å². The second-order valence-corrected chi connectivity index (χ2v) is 4.86. The summed E-state index contributed by atoms with van der Waals surface area (Å²) in [5.41, 5.74) is -1.60. The first-order chi connectivity index (χ1) is 8.28. The number of aliphatic hydroxyl groups is 1. The van der Waals surface area contributed by atoms with Gasteiger partial charge in [-0.15, -0.1) is 0 Å². The smallest absolute Gasteiger partial charge is 0.390 e. The van der Waals surface area contributed by atoms with Gasteiger partial charge in [0.2, 0.25) is 0 Å². The number of hydrogen-bond acceptors (Lipinski definition) is 3. The lowest BCUT2D eigenvalue weighted by atomic mass is 9.94. The van der Waals surface area contributed by atoms with Crippen LogP contribution in [0.2, 0.25) is 0 Å². The summed E-state index contributed by atoms with van der Waals surface area (Å²) in [6.45, 7) is 2.77. The molecule has 2 heterocycles. The number of rotatable bonds is 1. The van der Waals surface area contributed by atoms with E-state index in [1.807, 2.05) is 0 Å². The van der Waals surface area contributed by atoms with Gasteiger partial charge in [-0.1, -0.05) is 6.07 Å². The molecule has 1 aromatic rings. The lowest BCUT2D eigenvalue weighted by Gasteiger charge is -2.36. The van der Waals surface area contributed by atoms with Crippen molar-refractivity contribution in [2.24, 2.45) is 0 Å². The van der Waals surface area contributed by atoms with Crippen LogP contribution < -0.4 is 4.90 Å². The molecule has 0 radical (unpaired) electrons. The highest BCUT2D eigenvalue weighted by Gasteiger charge is 2.33. The predicted molar refractivity (Wildman–Crippen MR) is 61.3 cm³/mol. The molecule has 2 rings (SSSR count). The standard InChI is InChI=1S/C12H15F3N2O/c1-11(18)5-7-17(8-6-11)10-4-2-3-9(16-10)12(13,14)15/h2-4,18H,5-8H2,1H3. The van der Waals surface area contributed by atoms with E-state index in [-0.39, 0.29) is 0 Å². The van der Waals surface area contributed by atoms with Crippen molar-refractivity contribution in [2.75, 3.05) is 18.0 Å². The predicted octanol–water partition coefficient (Wildman–Crippen LogP) is 2.45. The largest absolute Gasteiger partial charge is 0.433 e. The first-order valence-electron chi connectivity index (χ1n) is 5.79. The second kappa shape index (κ2) is 4.42. The van der Waals surface area contributed by atoms with Gasteiger partial charge in [0.05, 0.1) is 5.60 Å². The summed E-state index contributed by atoms with van der Waals surface area (Å²) in [5, 5.41) is 9.80. The molecule has 0 amide bonds. The van der Waals surface area contributed by atoms with Crippen LogP contribution in [0.15, 0.2) is 18.2 Å². The molecule has 1 aromatic heterocycles. The first-order valence-corrected chi connectivity index (χ1v) is 5.79. The lowest BCUT2D eigenvalue weighted by molar-refractivity contribution is -0.141. The molecule has 6 heteroatoms. The number of anilines is 1. The van der Waals surface area contributed by atoms with Crippen molar-refractivity contribution in [3.05, 3.63) is 23.9 Å². The Morgan fingerprint density at radius 2 is 1.89 bits per heavy atom. The molecule has 1 N–H and O–H groups in total. The van der Waals surface area contributed by atoms with Crippen LogP contribution in [-0.2, 0) is 6.18 Å². The maximum atomic E-state index is 12.5. The third-order valence-electron chi connectivity index (χ3n) is 3.19. The Morgan fingerprint density at radius 1 is 1.28 bits per heavy atom. The zero-order chi connectivity index (χ0) is 13.4. The van der Waals surface area contributed by atoms with Crippen molar-refractivity contribution in [1.29, 1.82) is 0 Å². The van der Waals surface area contributed by atoms with E-state index in [9.17, 15) is 18.3 Å². The normalized spacial score (nSPS) is 19.9. The van der Waals surface area contributed by atoms with Crippen molar-refractivity contribution in [3.8, 4) is 0 Å². The van der Waals surface area contributed by atoms with Gasteiger partial charge in [-0.25, -0.2) is 4.98 Å². The van der Waals surface area contributed by atoms with Crippen LogP contribution >= 0.6 is 0 Å². The van der Waals surface area contributed by atoms with E-state index in [1.165, 1.54) is 6.07 Å². The SMILES string of the molecule is CC1(O)CCN(c2cccc(C(F)(F)F)n2)CC1. The molecule has 1 saturated heterocycles. The highest BCUT2D eigenvalue weighted by atomic mass is 19.4. The highest BCUT2D eigenvalue weighted by molar-refractivity contribution is 5.40. The van der Waals surface area contributed by atoms with Crippen LogP contribution in [0, 0.1) is 0 Å². The highest BCUT2D eigenvalue weighted by Crippen LogP contribution is 2.30. The van der Waals surface area contributed by atoms with Gasteiger partial charge < -0.3 is 10.0 Å². The van der Waals surface area contributed by atoms with E-state index in [4.69, 9.17) is 0 Å². The average molecular weight is 260 g/mol. The van der Waals surface area contributed by atoms with Crippen LogP contribution in [-0.4, -0.2) is 28.8 Å². The van der Waals surface area contributed by atoms with E-state index in [0.717, 1.165) is 6.07 Å². The molecule has 100 valence electrons. The molecule has 0 saturated carbocycles. The summed E-state index contributed by atoms with van der Waals surface area (Å²) in [5.74, 6) is 0.320.